The molecule has 0 amide bonds. The molecule has 94 valence electrons. The van der Waals surface area contributed by atoms with Crippen molar-refractivity contribution in [2.24, 2.45) is 0 Å². The first-order chi connectivity index (χ1) is 7.76. The number of rotatable bonds is 3. The van der Waals surface area contributed by atoms with Crippen molar-refractivity contribution in [2.45, 2.75) is 56.2 Å². The van der Waals surface area contributed by atoms with E-state index in [1.807, 2.05) is 0 Å². The monoisotopic (exact) mass is 229 g/mol. The lowest BCUT2D eigenvalue weighted by molar-refractivity contribution is -0.0118. The zero-order valence-corrected chi connectivity index (χ0v) is 9.82. The fourth-order valence-electron chi connectivity index (χ4n) is 2.78. The van der Waals surface area contributed by atoms with E-state index in [1.165, 1.54) is 6.42 Å². The molecule has 1 aliphatic heterocycles. The standard InChI is InChI=1S/C12H23NO3/c14-9-12(5-7-16-8-6-12)13-10-3-1-2-4-11(10)15/h10-11,13-15H,1-9H2/t10-,11-/m0/s1. The van der Waals surface area contributed by atoms with Gasteiger partial charge in [-0.3, -0.25) is 0 Å². The van der Waals surface area contributed by atoms with Crippen LogP contribution in [0.15, 0.2) is 0 Å². The van der Waals surface area contributed by atoms with Crippen molar-refractivity contribution in [1.82, 2.24) is 5.32 Å². The van der Waals surface area contributed by atoms with Gasteiger partial charge in [0.15, 0.2) is 0 Å². The molecule has 2 fully saturated rings. The maximum Gasteiger partial charge on any atom is 0.0693 e. The lowest BCUT2D eigenvalue weighted by Crippen LogP contribution is -2.59. The Morgan fingerprint density at radius 2 is 1.88 bits per heavy atom. The summed E-state index contributed by atoms with van der Waals surface area (Å²) in [5, 5.41) is 23.0. The highest BCUT2D eigenvalue weighted by atomic mass is 16.5. The lowest BCUT2D eigenvalue weighted by Gasteiger charge is -2.42. The first-order valence-corrected chi connectivity index (χ1v) is 6.40. The van der Waals surface area contributed by atoms with Gasteiger partial charge in [-0.15, -0.1) is 0 Å². The number of aliphatic hydroxyl groups excluding tert-OH is 2. The van der Waals surface area contributed by atoms with Crippen LogP contribution in [-0.4, -0.2) is 47.7 Å². The molecule has 4 nitrogen and oxygen atoms in total. The maximum absolute atomic E-state index is 9.93. The van der Waals surface area contributed by atoms with Gasteiger partial charge in [0.2, 0.25) is 0 Å². The largest absolute Gasteiger partial charge is 0.394 e. The van der Waals surface area contributed by atoms with E-state index in [2.05, 4.69) is 5.32 Å². The van der Waals surface area contributed by atoms with Gasteiger partial charge in [-0.1, -0.05) is 12.8 Å². The second kappa shape index (κ2) is 5.45. The second-order valence-corrected chi connectivity index (χ2v) is 5.15. The van der Waals surface area contributed by atoms with Gasteiger partial charge >= 0.3 is 0 Å². The number of hydrogen-bond acceptors (Lipinski definition) is 4. The molecule has 0 aromatic carbocycles. The van der Waals surface area contributed by atoms with Crippen LogP contribution < -0.4 is 5.32 Å². The van der Waals surface area contributed by atoms with Gasteiger partial charge in [0.25, 0.3) is 0 Å². The molecule has 1 saturated heterocycles. The van der Waals surface area contributed by atoms with Crippen LogP contribution in [0.2, 0.25) is 0 Å². The highest BCUT2D eigenvalue weighted by Gasteiger charge is 2.36. The first-order valence-electron chi connectivity index (χ1n) is 6.40. The van der Waals surface area contributed by atoms with Crippen LogP contribution in [0.25, 0.3) is 0 Å². The summed E-state index contributed by atoms with van der Waals surface area (Å²) in [6.07, 6.45) is 5.63. The lowest BCUT2D eigenvalue weighted by atomic mass is 9.85. The van der Waals surface area contributed by atoms with Crippen LogP contribution in [0.4, 0.5) is 0 Å². The highest BCUT2D eigenvalue weighted by molar-refractivity contribution is 4.95. The average molecular weight is 229 g/mol. The maximum atomic E-state index is 9.93. The SMILES string of the molecule is OCC1(N[C@H]2CCCC[C@@H]2O)CCOCC1. The zero-order valence-electron chi connectivity index (χ0n) is 9.82. The number of hydrogen-bond donors (Lipinski definition) is 3. The third-order valence-electron chi connectivity index (χ3n) is 3.97. The minimum absolute atomic E-state index is 0.138. The molecule has 16 heavy (non-hydrogen) atoms. The molecule has 0 spiro atoms. The van der Waals surface area contributed by atoms with Crippen molar-refractivity contribution in [3.05, 3.63) is 0 Å². The van der Waals surface area contributed by atoms with E-state index in [9.17, 15) is 10.2 Å². The van der Waals surface area contributed by atoms with E-state index in [1.54, 1.807) is 0 Å². The molecular formula is C12H23NO3. The summed E-state index contributed by atoms with van der Waals surface area (Å²) in [5.41, 5.74) is -0.221. The molecule has 0 aromatic heterocycles. The van der Waals surface area contributed by atoms with Gasteiger partial charge in [-0.25, -0.2) is 0 Å². The smallest absolute Gasteiger partial charge is 0.0693 e. The summed E-state index contributed by atoms with van der Waals surface area (Å²) in [4.78, 5) is 0. The Labute approximate surface area is 97.0 Å². The van der Waals surface area contributed by atoms with Crippen molar-refractivity contribution in [3.63, 3.8) is 0 Å². The Morgan fingerprint density at radius 3 is 2.50 bits per heavy atom. The quantitative estimate of drug-likeness (QED) is 0.656. The Kier molecular flexibility index (Phi) is 4.19. The van der Waals surface area contributed by atoms with E-state index in [-0.39, 0.29) is 24.3 Å². The van der Waals surface area contributed by atoms with Crippen LogP contribution in [-0.2, 0) is 4.74 Å². The first kappa shape index (κ1) is 12.3. The Hall–Kier alpha value is -0.160. The zero-order chi connectivity index (χ0) is 11.4. The van der Waals surface area contributed by atoms with Gasteiger partial charge in [-0.05, 0) is 25.7 Å². The van der Waals surface area contributed by atoms with E-state index in [0.717, 1.165) is 32.1 Å². The molecule has 3 N–H and O–H groups in total. The molecule has 4 heteroatoms. The molecule has 2 atom stereocenters. The van der Waals surface area contributed by atoms with Crippen LogP contribution in [0, 0.1) is 0 Å². The molecular weight excluding hydrogens is 206 g/mol. The predicted molar refractivity (Wildman–Crippen MR) is 61.3 cm³/mol. The Balaban J connectivity index is 1.93. The van der Waals surface area contributed by atoms with Crippen molar-refractivity contribution >= 4 is 0 Å². The van der Waals surface area contributed by atoms with E-state index >= 15 is 0 Å². The number of nitrogens with one attached hydrogen (secondary N) is 1. The molecule has 2 rings (SSSR count). The number of ether oxygens (including phenoxy) is 1. The van der Waals surface area contributed by atoms with Crippen LogP contribution in [0.5, 0.6) is 0 Å². The van der Waals surface area contributed by atoms with Crippen molar-refractivity contribution in [2.75, 3.05) is 19.8 Å². The third-order valence-corrected chi connectivity index (χ3v) is 3.97. The average Bonchev–Trinajstić information content (AvgIpc) is 2.33. The van der Waals surface area contributed by atoms with E-state index < -0.39 is 0 Å². The Morgan fingerprint density at radius 1 is 1.19 bits per heavy atom. The van der Waals surface area contributed by atoms with Gasteiger partial charge in [0.05, 0.1) is 12.7 Å². The van der Waals surface area contributed by atoms with Crippen molar-refractivity contribution in [1.29, 1.82) is 0 Å². The van der Waals surface area contributed by atoms with Crippen LogP contribution in [0.3, 0.4) is 0 Å². The topological polar surface area (TPSA) is 61.7 Å². The third kappa shape index (κ3) is 2.74. The van der Waals surface area contributed by atoms with E-state index in [4.69, 9.17) is 4.74 Å². The normalized spacial score (nSPS) is 34.9. The molecule has 0 aromatic rings. The predicted octanol–water partition coefficient (Wildman–Crippen LogP) is 0.421. The summed E-state index contributed by atoms with van der Waals surface area (Å²) in [5.74, 6) is 0. The van der Waals surface area contributed by atoms with Gasteiger partial charge in [0.1, 0.15) is 0 Å². The van der Waals surface area contributed by atoms with Crippen molar-refractivity contribution in [3.8, 4) is 0 Å². The minimum Gasteiger partial charge on any atom is -0.394 e. The van der Waals surface area contributed by atoms with Gasteiger partial charge in [-0.2, -0.15) is 0 Å². The molecule has 0 radical (unpaired) electrons. The van der Waals surface area contributed by atoms with Gasteiger partial charge in [0, 0.05) is 24.8 Å². The van der Waals surface area contributed by atoms with Crippen molar-refractivity contribution < 1.29 is 14.9 Å². The van der Waals surface area contributed by atoms with Gasteiger partial charge < -0.3 is 20.3 Å². The Bertz CT molecular complexity index is 216. The summed E-state index contributed by atoms with van der Waals surface area (Å²) in [6, 6.07) is 0.152. The summed E-state index contributed by atoms with van der Waals surface area (Å²) in [6.45, 7) is 1.55. The fourth-order valence-corrected chi connectivity index (χ4v) is 2.78. The molecule has 1 heterocycles. The van der Waals surface area contributed by atoms with Crippen LogP contribution in [0.1, 0.15) is 38.5 Å². The summed E-state index contributed by atoms with van der Waals surface area (Å²) < 4.78 is 5.33. The minimum atomic E-state index is -0.250. The molecule has 0 bridgehead atoms. The highest BCUT2D eigenvalue weighted by Crippen LogP contribution is 2.25. The fraction of sp³-hybridized carbons (Fsp3) is 1.00. The van der Waals surface area contributed by atoms with E-state index in [0.29, 0.717) is 13.2 Å². The molecule has 1 saturated carbocycles. The second-order valence-electron chi connectivity index (χ2n) is 5.15. The molecule has 0 unspecified atom stereocenters. The molecule has 2 aliphatic rings. The summed E-state index contributed by atoms with van der Waals surface area (Å²) >= 11 is 0. The van der Waals surface area contributed by atoms with Crippen LogP contribution >= 0.6 is 0 Å². The summed E-state index contributed by atoms with van der Waals surface area (Å²) in [7, 11) is 0. The molecule has 1 aliphatic carbocycles. The number of aliphatic hydroxyl groups is 2.